The molecule has 3 unspecified atom stereocenters. The molecule has 0 aliphatic carbocycles. The van der Waals surface area contributed by atoms with Crippen LogP contribution in [-0.2, 0) is 14.3 Å². The van der Waals surface area contributed by atoms with Crippen molar-refractivity contribution in [3.05, 3.63) is 0 Å². The number of carbonyl (C=O) groups excluding carboxylic acids is 1. The monoisotopic (exact) mass is 255 g/mol. The van der Waals surface area contributed by atoms with Gasteiger partial charge >= 0.3 is 5.97 Å². The second-order valence-electron chi connectivity index (χ2n) is 5.34. The molecule has 0 bridgehead atoms. The molecule has 0 aromatic heterocycles. The normalized spacial score (nSPS) is 30.0. The largest absolute Gasteiger partial charge is 0.481 e. The summed E-state index contributed by atoms with van der Waals surface area (Å²) >= 11 is 0. The third kappa shape index (κ3) is 2.36. The molecule has 3 atom stereocenters. The van der Waals surface area contributed by atoms with E-state index in [1.807, 2.05) is 6.92 Å². The van der Waals surface area contributed by atoms with E-state index in [2.05, 4.69) is 0 Å². The van der Waals surface area contributed by atoms with Gasteiger partial charge in [-0.2, -0.15) is 0 Å². The average Bonchev–Trinajstić information content (AvgIpc) is 2.74. The number of ether oxygens (including phenoxy) is 1. The second kappa shape index (κ2) is 5.26. The Balaban J connectivity index is 1.85. The van der Waals surface area contributed by atoms with Crippen molar-refractivity contribution >= 4 is 11.9 Å². The lowest BCUT2D eigenvalue weighted by atomic mass is 9.85. The van der Waals surface area contributed by atoms with Crippen LogP contribution in [0.15, 0.2) is 0 Å². The maximum absolute atomic E-state index is 12.2. The lowest BCUT2D eigenvalue weighted by molar-refractivity contribution is -0.153. The lowest BCUT2D eigenvalue weighted by Gasteiger charge is -2.42. The van der Waals surface area contributed by atoms with Crippen molar-refractivity contribution in [1.29, 1.82) is 0 Å². The smallest absolute Gasteiger partial charge is 0.306 e. The Morgan fingerprint density at radius 3 is 2.67 bits per heavy atom. The van der Waals surface area contributed by atoms with Gasteiger partial charge in [-0.05, 0) is 12.8 Å². The zero-order chi connectivity index (χ0) is 13.3. The molecule has 102 valence electrons. The van der Waals surface area contributed by atoms with Crippen molar-refractivity contribution < 1.29 is 19.4 Å². The molecule has 2 heterocycles. The molecule has 5 nitrogen and oxygen atoms in total. The first-order valence-corrected chi connectivity index (χ1v) is 6.67. The van der Waals surface area contributed by atoms with E-state index in [0.29, 0.717) is 19.7 Å². The van der Waals surface area contributed by atoms with Gasteiger partial charge in [0.15, 0.2) is 0 Å². The van der Waals surface area contributed by atoms with E-state index in [4.69, 9.17) is 9.84 Å². The van der Waals surface area contributed by atoms with Crippen molar-refractivity contribution in [3.63, 3.8) is 0 Å². The Kier molecular flexibility index (Phi) is 3.90. The number of aliphatic carboxylic acids is 1. The van der Waals surface area contributed by atoms with Gasteiger partial charge in [0.05, 0.1) is 17.9 Å². The number of nitrogens with zero attached hydrogens (tertiary/aromatic N) is 1. The third-order valence-electron chi connectivity index (χ3n) is 4.25. The number of amides is 1. The highest BCUT2D eigenvalue weighted by molar-refractivity contribution is 5.81. The van der Waals surface area contributed by atoms with E-state index in [0.717, 1.165) is 12.8 Å². The predicted molar refractivity (Wildman–Crippen MR) is 65.0 cm³/mol. The van der Waals surface area contributed by atoms with E-state index in [-0.39, 0.29) is 29.8 Å². The molecule has 0 aromatic carbocycles. The molecule has 1 amide bonds. The van der Waals surface area contributed by atoms with Crippen LogP contribution in [0.2, 0.25) is 0 Å². The van der Waals surface area contributed by atoms with E-state index < -0.39 is 5.97 Å². The summed E-state index contributed by atoms with van der Waals surface area (Å²) in [6, 6.07) is 0. The summed E-state index contributed by atoms with van der Waals surface area (Å²) < 4.78 is 5.53. The highest BCUT2D eigenvalue weighted by atomic mass is 16.5. The van der Waals surface area contributed by atoms with Crippen molar-refractivity contribution in [2.75, 3.05) is 19.7 Å². The minimum Gasteiger partial charge on any atom is -0.481 e. The fourth-order valence-corrected chi connectivity index (χ4v) is 2.78. The molecule has 1 N–H and O–H groups in total. The zero-order valence-corrected chi connectivity index (χ0v) is 11.0. The zero-order valence-electron chi connectivity index (χ0n) is 11.0. The topological polar surface area (TPSA) is 66.8 Å². The van der Waals surface area contributed by atoms with Gasteiger partial charge in [0.25, 0.3) is 0 Å². The van der Waals surface area contributed by atoms with Gasteiger partial charge in [-0.3, -0.25) is 9.59 Å². The maximum atomic E-state index is 12.2. The van der Waals surface area contributed by atoms with Gasteiger partial charge in [-0.15, -0.1) is 0 Å². The quantitative estimate of drug-likeness (QED) is 0.813. The molecule has 18 heavy (non-hydrogen) atoms. The number of carbonyl (C=O) groups is 2. The van der Waals surface area contributed by atoms with Gasteiger partial charge < -0.3 is 14.7 Å². The van der Waals surface area contributed by atoms with Crippen LogP contribution < -0.4 is 0 Å². The van der Waals surface area contributed by atoms with E-state index in [1.54, 1.807) is 11.8 Å². The van der Waals surface area contributed by atoms with Gasteiger partial charge in [0, 0.05) is 25.6 Å². The summed E-state index contributed by atoms with van der Waals surface area (Å²) in [6.45, 7) is 5.57. The number of likely N-dealkylation sites (tertiary alicyclic amines) is 1. The number of hydrogen-bond acceptors (Lipinski definition) is 3. The second-order valence-corrected chi connectivity index (χ2v) is 5.34. The SMILES string of the molecule is CCC1OCCC1C(=O)N1CC(C(C)C(=O)O)C1. The van der Waals surface area contributed by atoms with Gasteiger partial charge in [-0.1, -0.05) is 13.8 Å². The summed E-state index contributed by atoms with van der Waals surface area (Å²) in [7, 11) is 0. The van der Waals surface area contributed by atoms with Crippen LogP contribution >= 0.6 is 0 Å². The Morgan fingerprint density at radius 1 is 1.44 bits per heavy atom. The van der Waals surface area contributed by atoms with Crippen LogP contribution in [0, 0.1) is 17.8 Å². The van der Waals surface area contributed by atoms with Crippen molar-refractivity contribution in [3.8, 4) is 0 Å². The number of rotatable bonds is 4. The number of carboxylic acid groups (broad SMARTS) is 1. The third-order valence-corrected chi connectivity index (χ3v) is 4.25. The highest BCUT2D eigenvalue weighted by Crippen LogP contribution is 2.30. The van der Waals surface area contributed by atoms with Crippen LogP contribution in [0.3, 0.4) is 0 Å². The van der Waals surface area contributed by atoms with E-state index in [1.165, 1.54) is 0 Å². The number of carboxylic acids is 1. The average molecular weight is 255 g/mol. The molecule has 2 aliphatic heterocycles. The van der Waals surface area contributed by atoms with Crippen LogP contribution in [-0.4, -0.2) is 47.7 Å². The van der Waals surface area contributed by atoms with Crippen LogP contribution in [0.25, 0.3) is 0 Å². The summed E-state index contributed by atoms with van der Waals surface area (Å²) in [5.41, 5.74) is 0. The fraction of sp³-hybridized carbons (Fsp3) is 0.846. The number of hydrogen-bond donors (Lipinski definition) is 1. The minimum atomic E-state index is -0.775. The van der Waals surface area contributed by atoms with Crippen LogP contribution in [0.4, 0.5) is 0 Å². The standard InChI is InChI=1S/C13H21NO4/c1-3-11-10(4-5-18-11)12(15)14-6-9(7-14)8(2)13(16)17/h8-11H,3-7H2,1-2H3,(H,16,17). The van der Waals surface area contributed by atoms with Gasteiger partial charge in [0.1, 0.15) is 0 Å². The minimum absolute atomic E-state index is 0.0175. The molecule has 0 radical (unpaired) electrons. The van der Waals surface area contributed by atoms with E-state index in [9.17, 15) is 9.59 Å². The van der Waals surface area contributed by atoms with Crippen LogP contribution in [0.5, 0.6) is 0 Å². The molecule has 5 heteroatoms. The highest BCUT2D eigenvalue weighted by Gasteiger charge is 2.42. The van der Waals surface area contributed by atoms with Gasteiger partial charge in [-0.25, -0.2) is 0 Å². The molecule has 2 saturated heterocycles. The first kappa shape index (κ1) is 13.3. The first-order chi connectivity index (χ1) is 8.54. The summed E-state index contributed by atoms with van der Waals surface area (Å²) in [5.74, 6) is -0.906. The molecule has 2 rings (SSSR count). The Hall–Kier alpha value is -1.10. The molecular weight excluding hydrogens is 234 g/mol. The Labute approximate surface area is 107 Å². The van der Waals surface area contributed by atoms with Crippen LogP contribution in [0.1, 0.15) is 26.7 Å². The molecule has 0 spiro atoms. The molecule has 0 saturated carbocycles. The molecular formula is C13H21NO4. The van der Waals surface area contributed by atoms with Crippen molar-refractivity contribution in [2.24, 2.45) is 17.8 Å². The molecule has 0 aromatic rings. The Bertz CT molecular complexity index is 338. The maximum Gasteiger partial charge on any atom is 0.306 e. The molecule has 2 fully saturated rings. The van der Waals surface area contributed by atoms with Crippen molar-refractivity contribution in [2.45, 2.75) is 32.8 Å². The predicted octanol–water partition coefficient (Wildman–Crippen LogP) is 0.981. The van der Waals surface area contributed by atoms with Crippen molar-refractivity contribution in [1.82, 2.24) is 4.90 Å². The Morgan fingerprint density at radius 2 is 2.11 bits per heavy atom. The van der Waals surface area contributed by atoms with E-state index >= 15 is 0 Å². The summed E-state index contributed by atoms with van der Waals surface area (Å²) in [6.07, 6.45) is 1.71. The first-order valence-electron chi connectivity index (χ1n) is 6.67. The van der Waals surface area contributed by atoms with Gasteiger partial charge in [0.2, 0.25) is 5.91 Å². The fourth-order valence-electron chi connectivity index (χ4n) is 2.78. The summed E-state index contributed by atoms with van der Waals surface area (Å²) in [5, 5.41) is 8.91. The lowest BCUT2D eigenvalue weighted by Crippen LogP contribution is -2.55. The summed E-state index contributed by atoms with van der Waals surface area (Å²) in [4.78, 5) is 24.9. The molecule has 2 aliphatic rings.